The average Bonchev–Trinajstić information content (AvgIpc) is 3.39. The highest BCUT2D eigenvalue weighted by Gasteiger charge is 2.22. The van der Waals surface area contributed by atoms with Crippen molar-refractivity contribution in [2.24, 2.45) is 0 Å². The van der Waals surface area contributed by atoms with Gasteiger partial charge in [-0.05, 0) is 37.6 Å². The molecule has 0 atom stereocenters. The summed E-state index contributed by atoms with van der Waals surface area (Å²) in [5.41, 5.74) is 2.77. The Morgan fingerprint density at radius 2 is 1.90 bits per heavy atom. The van der Waals surface area contributed by atoms with Crippen molar-refractivity contribution in [3.05, 3.63) is 60.7 Å². The zero-order valence-corrected chi connectivity index (χ0v) is 16.9. The summed E-state index contributed by atoms with van der Waals surface area (Å²) in [7, 11) is 1.64. The highest BCUT2D eigenvalue weighted by Crippen LogP contribution is 2.31. The molecule has 0 saturated carbocycles. The molecule has 9 heteroatoms. The molecule has 2 aromatic heterocycles. The molecular formula is C21H22N8O. The number of hydrogen-bond donors (Lipinski definition) is 1. The number of aromatic nitrogens is 6. The van der Waals surface area contributed by atoms with Crippen molar-refractivity contribution in [3.63, 3.8) is 0 Å². The van der Waals surface area contributed by atoms with Crippen LogP contribution in [0, 0.1) is 6.92 Å². The van der Waals surface area contributed by atoms with Crippen LogP contribution in [0.15, 0.2) is 54.9 Å². The molecule has 0 aliphatic carbocycles. The molecule has 9 nitrogen and oxygen atoms in total. The second-order valence-electron chi connectivity index (χ2n) is 7.05. The first-order chi connectivity index (χ1) is 14.7. The van der Waals surface area contributed by atoms with Crippen molar-refractivity contribution in [2.75, 3.05) is 23.9 Å². The summed E-state index contributed by atoms with van der Waals surface area (Å²) in [6.07, 6.45) is 2.69. The van der Waals surface area contributed by atoms with E-state index in [2.05, 4.69) is 37.5 Å². The number of nitrogens with zero attached hydrogens (tertiary/aromatic N) is 7. The van der Waals surface area contributed by atoms with Crippen LogP contribution < -0.4 is 15.0 Å². The smallest absolute Gasteiger partial charge is 0.248 e. The van der Waals surface area contributed by atoms with E-state index in [0.29, 0.717) is 17.5 Å². The lowest BCUT2D eigenvalue weighted by Crippen LogP contribution is -2.28. The number of fused-ring (bicyclic) bond motifs is 1. The van der Waals surface area contributed by atoms with Crippen LogP contribution in [0.5, 0.6) is 5.75 Å². The first kappa shape index (κ1) is 18.2. The van der Waals surface area contributed by atoms with Crippen LogP contribution in [0.3, 0.4) is 0 Å². The molecule has 1 aliphatic heterocycles. The number of ether oxygens (including phenoxy) is 1. The Morgan fingerprint density at radius 1 is 1.03 bits per heavy atom. The number of anilines is 4. The van der Waals surface area contributed by atoms with Gasteiger partial charge in [0.1, 0.15) is 23.6 Å². The molecule has 0 fully saturated rings. The maximum absolute atomic E-state index is 5.56. The van der Waals surface area contributed by atoms with E-state index in [-0.39, 0.29) is 0 Å². The third-order valence-corrected chi connectivity index (χ3v) is 5.00. The van der Waals surface area contributed by atoms with Gasteiger partial charge in [-0.2, -0.15) is 10.1 Å². The van der Waals surface area contributed by atoms with E-state index in [4.69, 9.17) is 9.72 Å². The van der Waals surface area contributed by atoms with Crippen LogP contribution in [0.2, 0.25) is 0 Å². The van der Waals surface area contributed by atoms with Gasteiger partial charge in [-0.25, -0.2) is 14.3 Å². The summed E-state index contributed by atoms with van der Waals surface area (Å²) in [5, 5.41) is 12.3. The summed E-state index contributed by atoms with van der Waals surface area (Å²) in [4.78, 5) is 11.1. The fourth-order valence-electron chi connectivity index (χ4n) is 3.60. The van der Waals surface area contributed by atoms with Crippen LogP contribution in [0.4, 0.5) is 23.3 Å². The summed E-state index contributed by atoms with van der Waals surface area (Å²) in [6, 6.07) is 16.1. The molecule has 1 N–H and O–H groups in total. The van der Waals surface area contributed by atoms with Crippen LogP contribution >= 0.6 is 0 Å². The van der Waals surface area contributed by atoms with Crippen molar-refractivity contribution in [1.29, 1.82) is 0 Å². The number of para-hydroxylation sites is 1. The monoisotopic (exact) mass is 402 g/mol. The predicted molar refractivity (Wildman–Crippen MR) is 114 cm³/mol. The molecule has 152 valence electrons. The number of nitrogens with one attached hydrogen (secondary N) is 1. The number of methoxy groups -OCH3 is 1. The fourth-order valence-corrected chi connectivity index (χ4v) is 3.60. The Labute approximate surface area is 173 Å². The molecule has 2 aromatic carbocycles. The second-order valence-corrected chi connectivity index (χ2v) is 7.05. The molecular weight excluding hydrogens is 380 g/mol. The van der Waals surface area contributed by atoms with Crippen LogP contribution in [-0.4, -0.2) is 43.2 Å². The third-order valence-electron chi connectivity index (χ3n) is 5.00. The van der Waals surface area contributed by atoms with Gasteiger partial charge in [-0.15, -0.1) is 5.10 Å². The van der Waals surface area contributed by atoms with Gasteiger partial charge in [0, 0.05) is 30.5 Å². The minimum atomic E-state index is 0.555. The Morgan fingerprint density at radius 3 is 2.67 bits per heavy atom. The fraction of sp³-hybridized carbons (Fsp3) is 0.238. The number of aryl methyl sites for hydroxylation is 2. The number of rotatable bonds is 5. The number of benzene rings is 2. The van der Waals surface area contributed by atoms with E-state index >= 15 is 0 Å². The SMILES string of the molecule is COc1cc(Nc2nc3n(n2)CCCN3c2ccccc2)ccc1-n1cnc(C)n1. The van der Waals surface area contributed by atoms with Gasteiger partial charge in [0.25, 0.3) is 0 Å². The molecule has 3 heterocycles. The van der Waals surface area contributed by atoms with Gasteiger partial charge in [-0.1, -0.05) is 18.2 Å². The molecule has 0 bridgehead atoms. The van der Waals surface area contributed by atoms with Crippen molar-refractivity contribution in [1.82, 2.24) is 29.5 Å². The average molecular weight is 402 g/mol. The van der Waals surface area contributed by atoms with E-state index in [1.165, 1.54) is 0 Å². The first-order valence-electron chi connectivity index (χ1n) is 9.82. The lowest BCUT2D eigenvalue weighted by atomic mass is 10.2. The van der Waals surface area contributed by atoms with Gasteiger partial charge in [0.15, 0.2) is 0 Å². The summed E-state index contributed by atoms with van der Waals surface area (Å²) >= 11 is 0. The Balaban J connectivity index is 1.42. The standard InChI is InChI=1S/C21H22N8O/c1-15-22-14-29(25-15)18-10-9-16(13-19(18)30-2)23-20-24-21-27(11-6-12-28(21)26-20)17-7-4-3-5-8-17/h3-5,7-10,13-14H,6,11-12H2,1-2H3,(H,23,26). The molecule has 0 spiro atoms. The zero-order valence-electron chi connectivity index (χ0n) is 16.9. The van der Waals surface area contributed by atoms with Gasteiger partial charge < -0.3 is 15.0 Å². The van der Waals surface area contributed by atoms with Crippen LogP contribution in [0.1, 0.15) is 12.2 Å². The quantitative estimate of drug-likeness (QED) is 0.547. The summed E-state index contributed by atoms with van der Waals surface area (Å²) in [5.74, 6) is 2.78. The molecule has 0 saturated heterocycles. The Bertz CT molecular complexity index is 1170. The molecule has 0 amide bonds. The predicted octanol–water partition coefficient (Wildman–Crippen LogP) is 3.46. The molecule has 0 unspecified atom stereocenters. The molecule has 5 rings (SSSR count). The molecule has 1 aliphatic rings. The van der Waals surface area contributed by atoms with Gasteiger partial charge in [0.05, 0.1) is 7.11 Å². The van der Waals surface area contributed by atoms with Gasteiger partial charge in [0.2, 0.25) is 11.9 Å². The third kappa shape index (κ3) is 3.34. The largest absolute Gasteiger partial charge is 0.494 e. The summed E-state index contributed by atoms with van der Waals surface area (Å²) < 4.78 is 9.21. The molecule has 4 aromatic rings. The zero-order chi connectivity index (χ0) is 20.5. The molecule has 0 radical (unpaired) electrons. The lowest BCUT2D eigenvalue weighted by Gasteiger charge is -2.27. The van der Waals surface area contributed by atoms with E-state index in [0.717, 1.165) is 42.5 Å². The van der Waals surface area contributed by atoms with E-state index in [1.54, 1.807) is 18.1 Å². The second kappa shape index (κ2) is 7.51. The maximum atomic E-state index is 5.56. The van der Waals surface area contributed by atoms with Crippen molar-refractivity contribution >= 4 is 23.3 Å². The molecule has 30 heavy (non-hydrogen) atoms. The Kier molecular flexibility index (Phi) is 4.55. The normalized spacial score (nSPS) is 13.2. The highest BCUT2D eigenvalue weighted by atomic mass is 16.5. The topological polar surface area (TPSA) is 85.9 Å². The Hall–Kier alpha value is -3.88. The van der Waals surface area contributed by atoms with Crippen LogP contribution in [-0.2, 0) is 6.54 Å². The van der Waals surface area contributed by atoms with Gasteiger partial charge in [-0.3, -0.25) is 0 Å². The van der Waals surface area contributed by atoms with E-state index in [1.807, 2.05) is 48.0 Å². The number of hydrogen-bond acceptors (Lipinski definition) is 7. The van der Waals surface area contributed by atoms with E-state index in [9.17, 15) is 0 Å². The van der Waals surface area contributed by atoms with Crippen molar-refractivity contribution < 1.29 is 4.74 Å². The summed E-state index contributed by atoms with van der Waals surface area (Å²) in [6.45, 7) is 3.62. The van der Waals surface area contributed by atoms with E-state index < -0.39 is 0 Å². The minimum absolute atomic E-state index is 0.555. The minimum Gasteiger partial charge on any atom is -0.494 e. The highest BCUT2D eigenvalue weighted by molar-refractivity contribution is 5.64. The lowest BCUT2D eigenvalue weighted by molar-refractivity contribution is 0.412. The van der Waals surface area contributed by atoms with Crippen molar-refractivity contribution in [2.45, 2.75) is 19.9 Å². The maximum Gasteiger partial charge on any atom is 0.248 e. The van der Waals surface area contributed by atoms with Crippen molar-refractivity contribution in [3.8, 4) is 11.4 Å². The van der Waals surface area contributed by atoms with Crippen LogP contribution in [0.25, 0.3) is 5.69 Å². The van der Waals surface area contributed by atoms with Gasteiger partial charge >= 0.3 is 0 Å². The first-order valence-corrected chi connectivity index (χ1v) is 9.82.